The second-order valence-corrected chi connectivity index (χ2v) is 10.1. The average molecular weight is 220 g/mol. The second-order valence-electron chi connectivity index (χ2n) is 10.1. The summed E-state index contributed by atoms with van der Waals surface area (Å²) in [6.45, 7) is 0. The molecule has 0 aromatic heterocycles. The molecule has 5 spiro atoms. The molecule has 10 aliphatic carbocycles. The van der Waals surface area contributed by atoms with Crippen molar-refractivity contribution < 1.29 is 0 Å². The zero-order chi connectivity index (χ0) is 9.95. The lowest BCUT2D eigenvalue weighted by atomic mass is 8.92. The van der Waals surface area contributed by atoms with Crippen LogP contribution in [0.15, 0.2) is 0 Å². The van der Waals surface area contributed by atoms with E-state index >= 15 is 0 Å². The van der Waals surface area contributed by atoms with Crippen LogP contribution in [0.5, 0.6) is 0 Å². The fraction of sp³-hybridized carbons (Fsp3) is 1.00. The van der Waals surface area contributed by atoms with Crippen LogP contribution in [0.25, 0.3) is 0 Å². The lowest BCUT2D eigenvalue weighted by molar-refractivity contribution is -0.654. The molecule has 0 N–H and O–H groups in total. The molecule has 13 unspecified atom stereocenters. The van der Waals surface area contributed by atoms with Gasteiger partial charge in [0.05, 0.1) is 0 Å². The Morgan fingerprint density at radius 2 is 1.82 bits per heavy atom. The zero-order valence-corrected chi connectivity index (χ0v) is 9.95. The van der Waals surface area contributed by atoms with Crippen LogP contribution in [0, 0.1) is 74.4 Å². The Bertz CT molecular complexity index is 670. The fourth-order valence-electron chi connectivity index (χ4n) is 13.8. The maximum atomic E-state index is 1.76. The smallest absolute Gasteiger partial charge is 0.00651 e. The lowest BCUT2D eigenvalue weighted by Gasteiger charge is -3.11. The molecule has 0 saturated heterocycles. The van der Waals surface area contributed by atoms with Gasteiger partial charge in [-0.05, 0) is 100 Å². The highest BCUT2D eigenvalue weighted by molar-refractivity contribution is 5.79. The summed E-state index contributed by atoms with van der Waals surface area (Å²) in [5, 5.41) is 0. The van der Waals surface area contributed by atoms with E-state index in [1.165, 1.54) is 47.3 Å². The number of hydrogen-bond donors (Lipinski definition) is 0. The minimum Gasteiger partial charge on any atom is -0.0496 e. The molecular weight excluding hydrogens is 204 g/mol. The van der Waals surface area contributed by atoms with Crippen LogP contribution in [0.3, 0.4) is 0 Å². The summed E-state index contributed by atoms with van der Waals surface area (Å²) >= 11 is 0. The first-order valence-corrected chi connectivity index (χ1v) is 8.40. The second kappa shape index (κ2) is 1.07. The normalized spacial score (nSPS) is 113. The minimum atomic E-state index is 1.07. The minimum absolute atomic E-state index is 1.07. The van der Waals surface area contributed by atoms with E-state index in [1.807, 2.05) is 0 Å². The van der Waals surface area contributed by atoms with Gasteiger partial charge >= 0.3 is 0 Å². The Kier molecular flexibility index (Phi) is 0.405. The average Bonchev–Trinajstić information content (AvgIpc) is 3.05. The standard InChI is InChI=1S/C17H16/c1-2-6-10-11-9-5(1)7-3-8-12-14-4-13(6,14)17(10,14)16(11,12)15(7,8)9/h5-12H,1-4H2. The van der Waals surface area contributed by atoms with Crippen molar-refractivity contribution in [3.63, 3.8) is 0 Å². The van der Waals surface area contributed by atoms with Gasteiger partial charge in [-0.15, -0.1) is 0 Å². The first-order chi connectivity index (χ1) is 8.40. The van der Waals surface area contributed by atoms with Crippen LogP contribution < -0.4 is 0 Å². The molecule has 0 aliphatic heterocycles. The number of rotatable bonds is 0. The molecule has 10 saturated carbocycles. The molecule has 0 aromatic carbocycles. The quantitative estimate of drug-likeness (QED) is 0.588. The van der Waals surface area contributed by atoms with Crippen molar-refractivity contribution in [3.05, 3.63) is 0 Å². The van der Waals surface area contributed by atoms with Gasteiger partial charge in [0.15, 0.2) is 0 Å². The third kappa shape index (κ3) is 0.191. The predicted molar refractivity (Wildman–Crippen MR) is 58.6 cm³/mol. The van der Waals surface area contributed by atoms with Gasteiger partial charge in [-0.25, -0.2) is 0 Å². The predicted octanol–water partition coefficient (Wildman–Crippen LogP) is 2.54. The van der Waals surface area contributed by atoms with Gasteiger partial charge in [0.1, 0.15) is 0 Å². The first-order valence-electron chi connectivity index (χ1n) is 8.40. The van der Waals surface area contributed by atoms with Crippen LogP contribution >= 0.6 is 0 Å². The third-order valence-corrected chi connectivity index (χ3v) is 12.3. The summed E-state index contributed by atoms with van der Waals surface area (Å²) in [7, 11) is 0. The Balaban J connectivity index is 1.48. The Morgan fingerprint density at radius 3 is 2.82 bits per heavy atom. The van der Waals surface area contributed by atoms with Gasteiger partial charge in [0, 0.05) is 0 Å². The zero-order valence-electron chi connectivity index (χ0n) is 9.95. The van der Waals surface area contributed by atoms with Gasteiger partial charge in [-0.3, -0.25) is 0 Å². The molecule has 0 radical (unpaired) electrons. The molecule has 0 aromatic rings. The molecular formula is C17H16. The van der Waals surface area contributed by atoms with Crippen molar-refractivity contribution in [1.82, 2.24) is 0 Å². The summed E-state index contributed by atoms with van der Waals surface area (Å²) in [6, 6.07) is 0. The summed E-state index contributed by atoms with van der Waals surface area (Å²) in [5.74, 6) is 10.6. The molecule has 0 heteroatoms. The molecule has 84 valence electrons. The van der Waals surface area contributed by atoms with E-state index < -0.39 is 0 Å². The SMILES string of the molecule is C1CC2C3C4C5C1C1CC6C7C89CC28C39C47C165. The molecule has 10 rings (SSSR count). The van der Waals surface area contributed by atoms with E-state index in [1.54, 1.807) is 25.7 Å². The summed E-state index contributed by atoms with van der Waals surface area (Å²) in [6.07, 6.45) is 6.87. The van der Waals surface area contributed by atoms with Gasteiger partial charge in [0.25, 0.3) is 0 Å². The van der Waals surface area contributed by atoms with Gasteiger partial charge in [-0.1, -0.05) is 0 Å². The third-order valence-electron chi connectivity index (χ3n) is 12.3. The van der Waals surface area contributed by atoms with Crippen molar-refractivity contribution in [2.75, 3.05) is 0 Å². The van der Waals surface area contributed by atoms with Gasteiger partial charge in [-0.2, -0.15) is 0 Å². The van der Waals surface area contributed by atoms with Crippen LogP contribution in [-0.4, -0.2) is 0 Å². The molecule has 0 heterocycles. The van der Waals surface area contributed by atoms with E-state index in [0.717, 1.165) is 27.1 Å². The molecule has 10 aliphatic rings. The first kappa shape index (κ1) is 6.44. The number of fused-ring (bicyclic) bond motifs is 2. The maximum absolute atomic E-state index is 1.76. The number of hydrogen-bond acceptors (Lipinski definition) is 0. The van der Waals surface area contributed by atoms with Gasteiger partial charge in [0.2, 0.25) is 0 Å². The highest BCUT2D eigenvalue weighted by atomic mass is 15.4. The topological polar surface area (TPSA) is 0 Å². The molecule has 17 heavy (non-hydrogen) atoms. The largest absolute Gasteiger partial charge is 0.0496 e. The Morgan fingerprint density at radius 1 is 0.824 bits per heavy atom. The van der Waals surface area contributed by atoms with Crippen molar-refractivity contribution in [3.8, 4) is 0 Å². The fourth-order valence-corrected chi connectivity index (χ4v) is 13.8. The Labute approximate surface area is 101 Å². The van der Waals surface area contributed by atoms with Crippen LogP contribution in [-0.2, 0) is 0 Å². The van der Waals surface area contributed by atoms with E-state index in [4.69, 9.17) is 0 Å². The van der Waals surface area contributed by atoms with Crippen LogP contribution in [0.2, 0.25) is 0 Å². The van der Waals surface area contributed by atoms with E-state index in [9.17, 15) is 0 Å². The molecule has 13 atom stereocenters. The van der Waals surface area contributed by atoms with Crippen molar-refractivity contribution in [2.24, 2.45) is 74.4 Å². The van der Waals surface area contributed by atoms with Crippen LogP contribution in [0.1, 0.15) is 25.7 Å². The Hall–Kier alpha value is 0. The highest BCUT2D eigenvalue weighted by Crippen LogP contribution is 3.36. The van der Waals surface area contributed by atoms with E-state index in [-0.39, 0.29) is 0 Å². The van der Waals surface area contributed by atoms with Crippen LogP contribution in [0.4, 0.5) is 0 Å². The van der Waals surface area contributed by atoms with Crippen molar-refractivity contribution in [1.29, 1.82) is 0 Å². The van der Waals surface area contributed by atoms with E-state index in [0.29, 0.717) is 0 Å². The molecule has 0 amide bonds. The van der Waals surface area contributed by atoms with Gasteiger partial charge < -0.3 is 0 Å². The summed E-state index contributed by atoms with van der Waals surface area (Å²) in [5.41, 5.74) is 5.47. The lowest BCUT2D eigenvalue weighted by Crippen LogP contribution is -3.08. The van der Waals surface area contributed by atoms with Crippen molar-refractivity contribution in [2.45, 2.75) is 25.7 Å². The molecule has 0 bridgehead atoms. The highest BCUT2D eigenvalue weighted by Gasteiger charge is 3.33. The summed E-state index contributed by atoms with van der Waals surface area (Å²) < 4.78 is 0. The maximum Gasteiger partial charge on any atom is -0.00651 e. The molecule has 10 fully saturated rings. The molecule has 0 nitrogen and oxygen atoms in total. The van der Waals surface area contributed by atoms with E-state index in [2.05, 4.69) is 0 Å². The monoisotopic (exact) mass is 220 g/mol. The summed E-state index contributed by atoms with van der Waals surface area (Å²) in [4.78, 5) is 0. The van der Waals surface area contributed by atoms with Crippen molar-refractivity contribution >= 4 is 0 Å².